The van der Waals surface area contributed by atoms with Crippen molar-refractivity contribution in [2.45, 2.75) is 57.0 Å². The number of rotatable bonds is 7. The molecule has 156 valence electrons. The lowest BCUT2D eigenvalue weighted by atomic mass is 10.0. The summed E-state index contributed by atoms with van der Waals surface area (Å²) in [4.78, 5) is 14.8. The summed E-state index contributed by atoms with van der Waals surface area (Å²) in [5.41, 5.74) is 3.28. The molecule has 2 heterocycles. The van der Waals surface area contributed by atoms with Gasteiger partial charge in [-0.25, -0.2) is 0 Å². The van der Waals surface area contributed by atoms with E-state index in [1.54, 1.807) is 0 Å². The van der Waals surface area contributed by atoms with Crippen molar-refractivity contribution in [3.63, 3.8) is 0 Å². The number of benzene rings is 1. The topological polar surface area (TPSA) is 62.2 Å². The van der Waals surface area contributed by atoms with Gasteiger partial charge in [-0.2, -0.15) is 5.10 Å². The summed E-state index contributed by atoms with van der Waals surface area (Å²) in [5, 5.41) is 11.1. The number of carbonyl (C=O) groups excluding carboxylic acids is 1. The van der Waals surface area contributed by atoms with Crippen LogP contribution in [0, 0.1) is 0 Å². The molecule has 2 N–H and O–H groups in total. The van der Waals surface area contributed by atoms with Crippen LogP contribution in [0.2, 0.25) is 0 Å². The number of amides is 1. The van der Waals surface area contributed by atoms with Gasteiger partial charge >= 0.3 is 0 Å². The first kappa shape index (κ1) is 20.0. The van der Waals surface area contributed by atoms with Crippen LogP contribution in [-0.2, 0) is 13.5 Å². The number of hydrogen-bond donors (Lipinski definition) is 2. The Hall–Kier alpha value is -2.34. The number of nitrogens with zero attached hydrogens (tertiary/aromatic N) is 3. The predicted octanol–water partition coefficient (Wildman–Crippen LogP) is 2.89. The van der Waals surface area contributed by atoms with E-state index in [0.717, 1.165) is 57.3 Å². The van der Waals surface area contributed by atoms with Gasteiger partial charge in [0.25, 0.3) is 5.91 Å². The molecule has 1 aromatic heterocycles. The molecule has 29 heavy (non-hydrogen) atoms. The van der Waals surface area contributed by atoms with E-state index in [2.05, 4.69) is 39.0 Å². The van der Waals surface area contributed by atoms with Crippen LogP contribution in [0.15, 0.2) is 36.7 Å². The van der Waals surface area contributed by atoms with Crippen molar-refractivity contribution < 1.29 is 4.79 Å². The molecule has 0 unspecified atom stereocenters. The Bertz CT molecular complexity index is 786. The lowest BCUT2D eigenvalue weighted by Crippen LogP contribution is -2.43. The molecule has 1 amide bonds. The van der Waals surface area contributed by atoms with Crippen molar-refractivity contribution in [1.82, 2.24) is 20.4 Å². The highest BCUT2D eigenvalue weighted by atomic mass is 16.1. The third-order valence-corrected chi connectivity index (χ3v) is 6.29. The number of piperidine rings is 1. The van der Waals surface area contributed by atoms with Crippen LogP contribution in [0.3, 0.4) is 0 Å². The number of anilines is 1. The summed E-state index contributed by atoms with van der Waals surface area (Å²) in [5.74, 6) is 0.0694. The van der Waals surface area contributed by atoms with E-state index < -0.39 is 0 Å². The first-order valence-corrected chi connectivity index (χ1v) is 11.0. The Kier molecular flexibility index (Phi) is 6.49. The zero-order valence-corrected chi connectivity index (χ0v) is 17.4. The standard InChI is InChI=1S/C23H33N5O/c1-27-17-18(16-25-27)10-13-24-20-11-14-28(15-12-20)22-8-6-19(7-9-22)23(29)26-21-4-2-3-5-21/h6-9,16-17,20-21,24H,2-5,10-15H2,1H3,(H,26,29). The SMILES string of the molecule is Cn1cc(CCNC2CCN(c3ccc(C(=O)NC4CCCC4)cc3)CC2)cn1. The van der Waals surface area contributed by atoms with Gasteiger partial charge in [0.05, 0.1) is 6.20 Å². The Labute approximate surface area is 173 Å². The molecule has 2 aromatic rings. The van der Waals surface area contributed by atoms with Crippen LogP contribution in [0.5, 0.6) is 0 Å². The summed E-state index contributed by atoms with van der Waals surface area (Å²) in [6.07, 6.45) is 12.1. The molecule has 1 saturated carbocycles. The molecule has 2 aliphatic rings. The van der Waals surface area contributed by atoms with E-state index >= 15 is 0 Å². The summed E-state index contributed by atoms with van der Waals surface area (Å²) >= 11 is 0. The molecule has 1 aliphatic heterocycles. The lowest BCUT2D eigenvalue weighted by molar-refractivity contribution is 0.0938. The van der Waals surface area contributed by atoms with E-state index in [0.29, 0.717) is 12.1 Å². The molecule has 2 fully saturated rings. The van der Waals surface area contributed by atoms with E-state index in [1.807, 2.05) is 30.1 Å². The third-order valence-electron chi connectivity index (χ3n) is 6.29. The van der Waals surface area contributed by atoms with Gasteiger partial charge in [0.15, 0.2) is 0 Å². The van der Waals surface area contributed by atoms with E-state index in [1.165, 1.54) is 24.1 Å². The smallest absolute Gasteiger partial charge is 0.251 e. The van der Waals surface area contributed by atoms with Gasteiger partial charge in [0, 0.05) is 49.7 Å². The molecule has 0 atom stereocenters. The van der Waals surface area contributed by atoms with Crippen LogP contribution >= 0.6 is 0 Å². The minimum absolute atomic E-state index is 0.0694. The number of carbonyl (C=O) groups is 1. The molecular weight excluding hydrogens is 362 g/mol. The van der Waals surface area contributed by atoms with Crippen molar-refractivity contribution in [2.75, 3.05) is 24.5 Å². The van der Waals surface area contributed by atoms with Crippen LogP contribution in [0.1, 0.15) is 54.4 Å². The largest absolute Gasteiger partial charge is 0.371 e. The average Bonchev–Trinajstić information content (AvgIpc) is 3.40. The highest BCUT2D eigenvalue weighted by molar-refractivity contribution is 5.94. The van der Waals surface area contributed by atoms with Crippen LogP contribution < -0.4 is 15.5 Å². The zero-order chi connectivity index (χ0) is 20.1. The van der Waals surface area contributed by atoms with Gasteiger partial charge in [-0.3, -0.25) is 9.48 Å². The Balaban J connectivity index is 1.20. The van der Waals surface area contributed by atoms with Crippen molar-refractivity contribution in [3.8, 4) is 0 Å². The van der Waals surface area contributed by atoms with Crippen LogP contribution in [0.4, 0.5) is 5.69 Å². The Morgan fingerprint density at radius 1 is 1.07 bits per heavy atom. The maximum absolute atomic E-state index is 12.4. The fourth-order valence-corrected chi connectivity index (χ4v) is 4.53. The quantitative estimate of drug-likeness (QED) is 0.757. The monoisotopic (exact) mass is 395 g/mol. The molecule has 1 aromatic carbocycles. The summed E-state index contributed by atoms with van der Waals surface area (Å²) in [7, 11) is 1.96. The van der Waals surface area contributed by atoms with Gasteiger partial charge < -0.3 is 15.5 Å². The maximum Gasteiger partial charge on any atom is 0.251 e. The molecule has 4 rings (SSSR count). The van der Waals surface area contributed by atoms with Gasteiger partial charge in [0.1, 0.15) is 0 Å². The fourth-order valence-electron chi connectivity index (χ4n) is 4.53. The summed E-state index contributed by atoms with van der Waals surface area (Å²) < 4.78 is 1.86. The number of hydrogen-bond acceptors (Lipinski definition) is 4. The normalized spacial score (nSPS) is 18.3. The van der Waals surface area contributed by atoms with E-state index in [9.17, 15) is 4.79 Å². The highest BCUT2D eigenvalue weighted by Crippen LogP contribution is 2.22. The maximum atomic E-state index is 12.4. The molecular formula is C23H33N5O. The molecule has 6 heteroatoms. The number of aromatic nitrogens is 2. The highest BCUT2D eigenvalue weighted by Gasteiger charge is 2.20. The minimum atomic E-state index is 0.0694. The summed E-state index contributed by atoms with van der Waals surface area (Å²) in [6.45, 7) is 3.11. The molecule has 6 nitrogen and oxygen atoms in total. The molecule has 0 radical (unpaired) electrons. The summed E-state index contributed by atoms with van der Waals surface area (Å²) in [6, 6.07) is 9.08. The van der Waals surface area contributed by atoms with Crippen LogP contribution in [-0.4, -0.2) is 47.4 Å². The number of aryl methyl sites for hydroxylation is 1. The second kappa shape index (κ2) is 9.44. The average molecular weight is 396 g/mol. The van der Waals surface area contributed by atoms with Gasteiger partial charge in [-0.15, -0.1) is 0 Å². The van der Waals surface area contributed by atoms with Crippen molar-refractivity contribution in [3.05, 3.63) is 47.8 Å². The van der Waals surface area contributed by atoms with Gasteiger partial charge in [-0.1, -0.05) is 12.8 Å². The van der Waals surface area contributed by atoms with Gasteiger partial charge in [-0.05, 0) is 68.5 Å². The van der Waals surface area contributed by atoms with E-state index in [-0.39, 0.29) is 5.91 Å². The second-order valence-corrected chi connectivity index (χ2v) is 8.49. The minimum Gasteiger partial charge on any atom is -0.371 e. The second-order valence-electron chi connectivity index (χ2n) is 8.49. The molecule has 1 aliphatic carbocycles. The third kappa shape index (κ3) is 5.38. The van der Waals surface area contributed by atoms with E-state index in [4.69, 9.17) is 0 Å². The van der Waals surface area contributed by atoms with Crippen molar-refractivity contribution >= 4 is 11.6 Å². The fraction of sp³-hybridized carbons (Fsp3) is 0.565. The number of nitrogens with one attached hydrogen (secondary N) is 2. The van der Waals surface area contributed by atoms with Crippen molar-refractivity contribution in [2.24, 2.45) is 7.05 Å². The zero-order valence-electron chi connectivity index (χ0n) is 17.4. The van der Waals surface area contributed by atoms with Crippen molar-refractivity contribution in [1.29, 1.82) is 0 Å². The first-order valence-electron chi connectivity index (χ1n) is 11.0. The molecule has 0 bridgehead atoms. The van der Waals surface area contributed by atoms with Crippen LogP contribution in [0.25, 0.3) is 0 Å². The predicted molar refractivity (Wildman–Crippen MR) is 116 cm³/mol. The lowest BCUT2D eigenvalue weighted by Gasteiger charge is -2.34. The molecule has 1 saturated heterocycles. The van der Waals surface area contributed by atoms with Gasteiger partial charge in [0.2, 0.25) is 0 Å². The molecule has 0 spiro atoms. The Morgan fingerprint density at radius 2 is 1.79 bits per heavy atom. The first-order chi connectivity index (χ1) is 14.2. The Morgan fingerprint density at radius 3 is 2.45 bits per heavy atom.